The maximum Gasteiger partial charge on any atom is 0.324 e. The summed E-state index contributed by atoms with van der Waals surface area (Å²) >= 11 is 0. The molecule has 1 fully saturated rings. The second kappa shape index (κ2) is 5.48. The number of hydrogen-bond acceptors (Lipinski definition) is 4. The van der Waals surface area contributed by atoms with E-state index in [1.54, 1.807) is 14.2 Å². The van der Waals surface area contributed by atoms with Crippen LogP contribution in [-0.4, -0.2) is 36.9 Å². The fraction of sp³-hybridized carbons (Fsp3) is 0.500. The molecule has 0 aliphatic heterocycles. The first kappa shape index (κ1) is 13.7. The summed E-state index contributed by atoms with van der Waals surface area (Å²) in [5, 5.41) is 12.2. The molecule has 2 atom stereocenters. The number of hydrogen-bond donors (Lipinski definition) is 2. The van der Waals surface area contributed by atoms with E-state index in [0.29, 0.717) is 12.8 Å². The molecule has 0 aromatic heterocycles. The summed E-state index contributed by atoms with van der Waals surface area (Å²) in [6.45, 7) is 0. The quantitative estimate of drug-likeness (QED) is 0.847. The first-order chi connectivity index (χ1) is 9.09. The van der Waals surface area contributed by atoms with Gasteiger partial charge in [0.15, 0.2) is 0 Å². The third-order valence-corrected chi connectivity index (χ3v) is 3.72. The fourth-order valence-corrected chi connectivity index (χ4v) is 2.48. The van der Waals surface area contributed by atoms with Gasteiger partial charge in [0.25, 0.3) is 0 Å². The summed E-state index contributed by atoms with van der Waals surface area (Å²) < 4.78 is 10.9. The van der Waals surface area contributed by atoms with Crippen LogP contribution in [0.25, 0.3) is 0 Å². The predicted octanol–water partition coefficient (Wildman–Crippen LogP) is 1.67. The lowest BCUT2D eigenvalue weighted by Crippen LogP contribution is -2.48. The van der Waals surface area contributed by atoms with Gasteiger partial charge in [0, 0.05) is 6.42 Å². The maximum absolute atomic E-state index is 11.3. The molecule has 0 saturated heterocycles. The van der Waals surface area contributed by atoms with Crippen LogP contribution < -0.4 is 14.8 Å². The van der Waals surface area contributed by atoms with Gasteiger partial charge in [-0.25, -0.2) is 0 Å². The highest BCUT2D eigenvalue weighted by Gasteiger charge is 2.45. The molecule has 19 heavy (non-hydrogen) atoms. The molecular formula is C14H19NO4. The maximum atomic E-state index is 11.3. The van der Waals surface area contributed by atoms with Crippen LogP contribution in [0.15, 0.2) is 24.3 Å². The van der Waals surface area contributed by atoms with E-state index in [-0.39, 0.29) is 6.10 Å². The minimum Gasteiger partial charge on any atom is -0.497 e. The monoisotopic (exact) mass is 265 g/mol. The summed E-state index contributed by atoms with van der Waals surface area (Å²) in [5.74, 6) is 0.702. The highest BCUT2D eigenvalue weighted by atomic mass is 16.5. The average molecular weight is 265 g/mol. The number of likely N-dealkylation sites (N-methyl/N-ethyl adjacent to an activating group) is 1. The molecule has 104 valence electrons. The lowest BCUT2D eigenvalue weighted by molar-refractivity contribution is -0.144. The van der Waals surface area contributed by atoms with Crippen LogP contribution in [0.2, 0.25) is 0 Å². The van der Waals surface area contributed by atoms with E-state index in [2.05, 4.69) is 5.32 Å². The number of nitrogens with one attached hydrogen (secondary N) is 1. The number of carbonyl (C=O) groups is 1. The van der Waals surface area contributed by atoms with Crippen molar-refractivity contribution in [3.8, 4) is 11.5 Å². The van der Waals surface area contributed by atoms with Gasteiger partial charge < -0.3 is 19.9 Å². The zero-order valence-electron chi connectivity index (χ0n) is 11.2. The van der Waals surface area contributed by atoms with Crippen LogP contribution in [-0.2, 0) is 4.79 Å². The molecular weight excluding hydrogens is 246 g/mol. The molecule has 0 radical (unpaired) electrons. The number of benzene rings is 1. The lowest BCUT2D eigenvalue weighted by atomic mass is 9.98. The number of rotatable bonds is 5. The Balaban J connectivity index is 1.99. The third-order valence-electron chi connectivity index (χ3n) is 3.72. The van der Waals surface area contributed by atoms with Crippen molar-refractivity contribution < 1.29 is 19.4 Å². The van der Waals surface area contributed by atoms with Crippen molar-refractivity contribution in [1.82, 2.24) is 5.32 Å². The smallest absolute Gasteiger partial charge is 0.324 e. The van der Waals surface area contributed by atoms with Gasteiger partial charge in [-0.1, -0.05) is 0 Å². The number of ether oxygens (including phenoxy) is 2. The molecule has 0 amide bonds. The molecule has 1 aliphatic carbocycles. The van der Waals surface area contributed by atoms with E-state index in [4.69, 9.17) is 9.47 Å². The second-order valence-corrected chi connectivity index (χ2v) is 4.80. The SMILES string of the molecule is CNC1(C(=O)O)CCC(Oc2ccc(OC)cc2)C1. The Morgan fingerprint density at radius 2 is 2.00 bits per heavy atom. The van der Waals surface area contributed by atoms with Crippen molar-refractivity contribution in [2.45, 2.75) is 30.9 Å². The summed E-state index contributed by atoms with van der Waals surface area (Å²) in [7, 11) is 3.30. The van der Waals surface area contributed by atoms with Crippen molar-refractivity contribution in [2.24, 2.45) is 0 Å². The zero-order valence-corrected chi connectivity index (χ0v) is 11.2. The van der Waals surface area contributed by atoms with E-state index in [1.165, 1.54) is 0 Å². The number of carboxylic acids is 1. The third kappa shape index (κ3) is 2.81. The van der Waals surface area contributed by atoms with Crippen molar-refractivity contribution in [3.05, 3.63) is 24.3 Å². The van der Waals surface area contributed by atoms with Gasteiger partial charge >= 0.3 is 5.97 Å². The first-order valence-corrected chi connectivity index (χ1v) is 6.32. The zero-order chi connectivity index (χ0) is 13.9. The van der Waals surface area contributed by atoms with E-state index < -0.39 is 11.5 Å². The standard InChI is InChI=1S/C14H19NO4/c1-15-14(13(16)17)8-7-12(9-14)19-11-5-3-10(18-2)4-6-11/h3-6,12,15H,7-9H2,1-2H3,(H,16,17). The normalized spacial score (nSPS) is 26.1. The number of carboxylic acid groups (broad SMARTS) is 1. The van der Waals surface area contributed by atoms with Crippen molar-refractivity contribution in [1.29, 1.82) is 0 Å². The number of methoxy groups -OCH3 is 1. The van der Waals surface area contributed by atoms with Gasteiger partial charge in [-0.3, -0.25) is 4.79 Å². The molecule has 2 unspecified atom stereocenters. The first-order valence-electron chi connectivity index (χ1n) is 6.32. The lowest BCUT2D eigenvalue weighted by Gasteiger charge is -2.23. The molecule has 1 aromatic carbocycles. The summed E-state index contributed by atoms with van der Waals surface area (Å²) in [6.07, 6.45) is 1.72. The molecule has 0 heterocycles. The van der Waals surface area contributed by atoms with Crippen LogP contribution in [0.1, 0.15) is 19.3 Å². The highest BCUT2D eigenvalue weighted by Crippen LogP contribution is 2.33. The molecule has 2 rings (SSSR count). The minimum absolute atomic E-state index is 0.0723. The molecule has 2 N–H and O–H groups in total. The molecule has 0 bridgehead atoms. The number of aliphatic carboxylic acids is 1. The van der Waals surface area contributed by atoms with E-state index in [0.717, 1.165) is 17.9 Å². The van der Waals surface area contributed by atoms with Gasteiger partial charge in [0.1, 0.15) is 23.1 Å². The van der Waals surface area contributed by atoms with E-state index in [9.17, 15) is 9.90 Å². The summed E-state index contributed by atoms with van der Waals surface area (Å²) in [6, 6.07) is 7.32. The Morgan fingerprint density at radius 3 is 2.47 bits per heavy atom. The molecule has 0 spiro atoms. The Morgan fingerprint density at radius 1 is 1.37 bits per heavy atom. The largest absolute Gasteiger partial charge is 0.497 e. The Bertz CT molecular complexity index is 445. The second-order valence-electron chi connectivity index (χ2n) is 4.80. The summed E-state index contributed by atoms with van der Waals surface area (Å²) in [4.78, 5) is 11.3. The Hall–Kier alpha value is -1.75. The molecule has 5 heteroatoms. The van der Waals surface area contributed by atoms with Gasteiger partial charge in [-0.05, 0) is 44.2 Å². The van der Waals surface area contributed by atoms with Crippen LogP contribution in [0.5, 0.6) is 11.5 Å². The van der Waals surface area contributed by atoms with E-state index >= 15 is 0 Å². The Kier molecular flexibility index (Phi) is 3.95. The van der Waals surface area contributed by atoms with Crippen molar-refractivity contribution in [2.75, 3.05) is 14.2 Å². The van der Waals surface area contributed by atoms with Crippen LogP contribution in [0.3, 0.4) is 0 Å². The van der Waals surface area contributed by atoms with Crippen molar-refractivity contribution in [3.63, 3.8) is 0 Å². The summed E-state index contributed by atoms with van der Waals surface area (Å²) in [5.41, 5.74) is -0.850. The topological polar surface area (TPSA) is 67.8 Å². The minimum atomic E-state index is -0.850. The van der Waals surface area contributed by atoms with Crippen LogP contribution in [0.4, 0.5) is 0 Å². The Labute approximate surface area is 112 Å². The average Bonchev–Trinajstić information content (AvgIpc) is 2.84. The van der Waals surface area contributed by atoms with Gasteiger partial charge in [0.2, 0.25) is 0 Å². The fourth-order valence-electron chi connectivity index (χ4n) is 2.48. The highest BCUT2D eigenvalue weighted by molar-refractivity contribution is 5.79. The predicted molar refractivity (Wildman–Crippen MR) is 70.7 cm³/mol. The molecule has 5 nitrogen and oxygen atoms in total. The van der Waals surface area contributed by atoms with Crippen LogP contribution >= 0.6 is 0 Å². The van der Waals surface area contributed by atoms with Gasteiger partial charge in [-0.2, -0.15) is 0 Å². The molecule has 1 saturated carbocycles. The molecule has 1 aromatic rings. The van der Waals surface area contributed by atoms with Gasteiger partial charge in [-0.15, -0.1) is 0 Å². The van der Waals surface area contributed by atoms with E-state index in [1.807, 2.05) is 24.3 Å². The van der Waals surface area contributed by atoms with Crippen LogP contribution in [0, 0.1) is 0 Å². The molecule has 1 aliphatic rings. The van der Waals surface area contributed by atoms with Gasteiger partial charge in [0.05, 0.1) is 7.11 Å². The van der Waals surface area contributed by atoms with Crippen molar-refractivity contribution >= 4 is 5.97 Å².